The van der Waals surface area contributed by atoms with Gasteiger partial charge in [-0.25, -0.2) is 0 Å². The summed E-state index contributed by atoms with van der Waals surface area (Å²) < 4.78 is 0. The first-order valence-electron chi connectivity index (χ1n) is 9.53. The fourth-order valence-corrected chi connectivity index (χ4v) is 7.00. The molecule has 0 amide bonds. The highest BCUT2D eigenvalue weighted by Gasteiger charge is 2.24. The quantitative estimate of drug-likeness (QED) is 0.417. The highest BCUT2D eigenvalue weighted by molar-refractivity contribution is 7.94. The third kappa shape index (κ3) is 3.67. The van der Waals surface area contributed by atoms with E-state index in [0.717, 1.165) is 0 Å². The van der Waals surface area contributed by atoms with Crippen LogP contribution in [0.15, 0.2) is 115 Å². The van der Waals surface area contributed by atoms with Gasteiger partial charge in [-0.05, 0) is 34.5 Å². The van der Waals surface area contributed by atoms with Gasteiger partial charge in [0.15, 0.2) is 0 Å². The van der Waals surface area contributed by atoms with Gasteiger partial charge in [-0.2, -0.15) is 0 Å². The van der Waals surface area contributed by atoms with Gasteiger partial charge >= 0.3 is 0 Å². The van der Waals surface area contributed by atoms with Crippen LogP contribution in [-0.4, -0.2) is 5.45 Å². The van der Waals surface area contributed by atoms with Gasteiger partial charge in [-0.1, -0.05) is 121 Å². The Morgan fingerprint density at radius 3 is 1.32 bits per heavy atom. The van der Waals surface area contributed by atoms with E-state index in [4.69, 9.17) is 0 Å². The third-order valence-corrected chi connectivity index (χ3v) is 8.67. The lowest BCUT2D eigenvalue weighted by atomic mass is 10.2. The van der Waals surface area contributed by atoms with Gasteiger partial charge in [0, 0.05) is 6.89 Å². The highest BCUT2D eigenvalue weighted by Crippen LogP contribution is 2.42. The van der Waals surface area contributed by atoms with Gasteiger partial charge in [0.05, 0.1) is 0 Å². The third-order valence-electron chi connectivity index (χ3n) is 4.93. The zero-order valence-electron chi connectivity index (χ0n) is 16.0. The van der Waals surface area contributed by atoms with Crippen LogP contribution >= 0.6 is 6.89 Å². The first kappa shape index (κ1) is 18.3. The molecule has 0 radical (unpaired) electrons. The monoisotopic (exact) mass is 378 g/mol. The van der Waals surface area contributed by atoms with E-state index in [9.17, 15) is 0 Å². The van der Waals surface area contributed by atoms with E-state index in [1.807, 2.05) is 0 Å². The first-order valence-corrected chi connectivity index (χ1v) is 11.3. The Hall–Kier alpha value is -3.04. The molecule has 0 bridgehead atoms. The minimum Gasteiger partial charge on any atom is -0.112 e. The van der Waals surface area contributed by atoms with Gasteiger partial charge in [-0.15, -0.1) is 5.45 Å². The lowest BCUT2D eigenvalue weighted by molar-refractivity contribution is 1.46. The molecule has 4 rings (SSSR count). The molecular formula is C27H23P. The van der Waals surface area contributed by atoms with Crippen molar-refractivity contribution >= 4 is 34.3 Å². The molecule has 0 fully saturated rings. The van der Waals surface area contributed by atoms with Crippen molar-refractivity contribution in [3.8, 4) is 0 Å². The molecule has 0 aliphatic rings. The number of hydrogen-bond acceptors (Lipinski definition) is 0. The molecule has 0 aliphatic heterocycles. The predicted molar refractivity (Wildman–Crippen MR) is 126 cm³/mol. The van der Waals surface area contributed by atoms with Gasteiger partial charge in [0.1, 0.15) is 0 Å². The molecule has 0 N–H and O–H groups in total. The van der Waals surface area contributed by atoms with Gasteiger partial charge in [-0.3, -0.25) is 0 Å². The first-order chi connectivity index (χ1) is 13.8. The van der Waals surface area contributed by atoms with Crippen molar-refractivity contribution in [2.75, 3.05) is 0 Å². The van der Waals surface area contributed by atoms with Crippen LogP contribution in [0.1, 0.15) is 11.1 Å². The number of aryl methyl sites for hydroxylation is 1. The SMILES string of the molecule is Cc1ccc(C=C=P(c2ccccc2)(c2ccccc2)c2ccccc2)cc1. The van der Waals surface area contributed by atoms with E-state index < -0.39 is 6.89 Å². The molecule has 1 heteroatoms. The van der Waals surface area contributed by atoms with E-state index in [1.165, 1.54) is 27.0 Å². The molecule has 0 saturated carbocycles. The lowest BCUT2D eigenvalue weighted by Gasteiger charge is -2.26. The molecule has 136 valence electrons. The topological polar surface area (TPSA) is 0 Å². The molecule has 4 aromatic rings. The summed E-state index contributed by atoms with van der Waals surface area (Å²) in [6.07, 6.45) is 2.17. The van der Waals surface area contributed by atoms with E-state index in [-0.39, 0.29) is 0 Å². The number of rotatable bonds is 4. The van der Waals surface area contributed by atoms with Crippen molar-refractivity contribution in [1.82, 2.24) is 0 Å². The molecule has 0 spiro atoms. The van der Waals surface area contributed by atoms with Crippen molar-refractivity contribution < 1.29 is 0 Å². The zero-order chi connectivity index (χ0) is 19.2. The second-order valence-corrected chi connectivity index (χ2v) is 10.0. The van der Waals surface area contributed by atoms with Crippen molar-refractivity contribution in [1.29, 1.82) is 0 Å². The Morgan fingerprint density at radius 2 is 0.929 bits per heavy atom. The summed E-state index contributed by atoms with van der Waals surface area (Å²) >= 11 is 0. The average molecular weight is 378 g/mol. The second kappa shape index (κ2) is 8.32. The fraction of sp³-hybridized carbons (Fsp3) is 0.0370. The summed E-state index contributed by atoms with van der Waals surface area (Å²) in [7, 11) is 0. The average Bonchev–Trinajstić information content (AvgIpc) is 2.78. The fourth-order valence-electron chi connectivity index (χ4n) is 3.46. The van der Waals surface area contributed by atoms with Gasteiger partial charge in [0.2, 0.25) is 0 Å². The van der Waals surface area contributed by atoms with Crippen LogP contribution in [0.3, 0.4) is 0 Å². The summed E-state index contributed by atoms with van der Waals surface area (Å²) in [5.41, 5.74) is 6.35. The Morgan fingerprint density at radius 1 is 0.536 bits per heavy atom. The maximum absolute atomic E-state index is 3.90. The molecule has 4 aromatic carbocycles. The van der Waals surface area contributed by atoms with Gasteiger partial charge < -0.3 is 0 Å². The maximum Gasteiger partial charge on any atom is 0.0169 e. The highest BCUT2D eigenvalue weighted by atomic mass is 31.2. The second-order valence-electron chi connectivity index (χ2n) is 6.86. The molecule has 0 unspecified atom stereocenters. The van der Waals surface area contributed by atoms with E-state index >= 15 is 0 Å². The number of benzene rings is 4. The summed E-state index contributed by atoms with van der Waals surface area (Å²) in [6.45, 7) is 0.0814. The van der Waals surface area contributed by atoms with Crippen LogP contribution in [0, 0.1) is 6.92 Å². The van der Waals surface area contributed by atoms with Gasteiger partial charge in [0.25, 0.3) is 0 Å². The van der Waals surface area contributed by atoms with Crippen LogP contribution in [0.4, 0.5) is 0 Å². The molecular weight excluding hydrogens is 355 g/mol. The Bertz CT molecular complexity index is 1020. The van der Waals surface area contributed by atoms with E-state index in [0.29, 0.717) is 0 Å². The van der Waals surface area contributed by atoms with Crippen LogP contribution in [-0.2, 0) is 0 Å². The zero-order valence-corrected chi connectivity index (χ0v) is 16.9. The summed E-state index contributed by atoms with van der Waals surface area (Å²) in [5.74, 6) is 0. The lowest BCUT2D eigenvalue weighted by Crippen LogP contribution is -2.25. The normalized spacial score (nSPS) is 10.9. The Balaban J connectivity index is 2.10. The van der Waals surface area contributed by atoms with E-state index in [1.54, 1.807) is 0 Å². The van der Waals surface area contributed by atoms with Crippen molar-refractivity contribution in [2.45, 2.75) is 6.92 Å². The molecule has 28 heavy (non-hydrogen) atoms. The van der Waals surface area contributed by atoms with Crippen LogP contribution < -0.4 is 15.9 Å². The Kier molecular flexibility index (Phi) is 5.45. The summed E-state index contributed by atoms with van der Waals surface area (Å²) in [5, 5.41) is 3.95. The minimum atomic E-state index is -2.04. The van der Waals surface area contributed by atoms with Crippen molar-refractivity contribution in [3.05, 3.63) is 126 Å². The van der Waals surface area contributed by atoms with Crippen LogP contribution in [0.5, 0.6) is 0 Å². The standard InChI is InChI=1S/C27H23P/c1-23-17-19-24(20-18-23)21-22-28(25-11-5-2-6-12-25,26-13-7-3-8-14-26)27-15-9-4-10-16-27/h2-21H,1H3. The molecule has 0 atom stereocenters. The molecule has 0 aliphatic carbocycles. The summed E-state index contributed by atoms with van der Waals surface area (Å²) in [6, 6.07) is 41.1. The maximum atomic E-state index is 3.90. The van der Waals surface area contributed by atoms with Crippen LogP contribution in [0.2, 0.25) is 0 Å². The van der Waals surface area contributed by atoms with Crippen molar-refractivity contribution in [3.63, 3.8) is 0 Å². The van der Waals surface area contributed by atoms with Crippen molar-refractivity contribution in [2.24, 2.45) is 0 Å². The van der Waals surface area contributed by atoms with E-state index in [2.05, 4.69) is 134 Å². The predicted octanol–water partition coefficient (Wildman–Crippen LogP) is 5.40. The molecule has 0 nitrogen and oxygen atoms in total. The van der Waals surface area contributed by atoms with Crippen LogP contribution in [0.25, 0.3) is 6.08 Å². The minimum absolute atomic E-state index is 1.18. The number of hydrogen-bond donors (Lipinski definition) is 0. The smallest absolute Gasteiger partial charge is 0.0169 e. The largest absolute Gasteiger partial charge is 0.112 e. The Labute approximate surface area is 167 Å². The molecule has 0 heterocycles. The summed E-state index contributed by atoms with van der Waals surface area (Å²) in [4.78, 5) is 0. The molecule has 0 aromatic heterocycles. The molecule has 0 saturated heterocycles.